The van der Waals surface area contributed by atoms with Crippen LogP contribution in [0, 0.1) is 0 Å². The van der Waals surface area contributed by atoms with Crippen molar-refractivity contribution in [3.05, 3.63) is 84.9 Å². The molecule has 4 aromatic rings. The second kappa shape index (κ2) is 9.43. The number of carbonyl (C=O) groups is 2. The number of carbonyl (C=O) groups excluding carboxylic acids is 2. The van der Waals surface area contributed by atoms with Gasteiger partial charge in [0.15, 0.2) is 0 Å². The molecule has 4 aromatic carbocycles. The molecule has 4 amide bonds. The average molecular weight is 495 g/mol. The molecule has 0 spiro atoms. The molecular weight excluding hydrogens is 460 g/mol. The minimum atomic E-state index is -0.478. The second-order valence-corrected chi connectivity index (χ2v) is 11.1. The number of rotatable bonds is 3. The number of likely N-dealkylation sites (tertiary alicyclic amines) is 1. The van der Waals surface area contributed by atoms with Gasteiger partial charge in [-0.05, 0) is 63.4 Å². The van der Waals surface area contributed by atoms with E-state index < -0.39 is 11.1 Å². The maximum atomic E-state index is 13.7. The average Bonchev–Trinajstić information content (AvgIpc) is 2.83. The van der Waals surface area contributed by atoms with E-state index in [4.69, 9.17) is 0 Å². The summed E-state index contributed by atoms with van der Waals surface area (Å²) < 4.78 is 0. The third kappa shape index (κ3) is 4.96. The Morgan fingerprint density at radius 2 is 1.14 bits per heavy atom. The number of benzene rings is 4. The summed E-state index contributed by atoms with van der Waals surface area (Å²) in [6.45, 7) is 8.25. The van der Waals surface area contributed by atoms with Crippen LogP contribution in [-0.4, -0.2) is 34.1 Å². The second-order valence-electron chi connectivity index (χ2n) is 11.1. The molecule has 190 valence electrons. The van der Waals surface area contributed by atoms with Gasteiger partial charge in [0.05, 0.1) is 11.4 Å². The van der Waals surface area contributed by atoms with Crippen LogP contribution in [0.2, 0.25) is 0 Å². The molecule has 1 aliphatic rings. The molecule has 5 rings (SSSR count). The van der Waals surface area contributed by atoms with Gasteiger partial charge in [-0.1, -0.05) is 72.8 Å². The van der Waals surface area contributed by atoms with Crippen molar-refractivity contribution in [1.29, 1.82) is 0 Å². The zero-order chi connectivity index (χ0) is 26.2. The SMILES string of the molecule is CC1(C)CC(NC(=O)Nc2cccc3ccccc23)CC(C)(C)N1C(=O)Nc1cccc2ccccc12. The number of fused-ring (bicyclic) bond motifs is 2. The first-order valence-electron chi connectivity index (χ1n) is 12.8. The van der Waals surface area contributed by atoms with Crippen molar-refractivity contribution in [3.63, 3.8) is 0 Å². The zero-order valence-electron chi connectivity index (χ0n) is 21.8. The molecule has 3 N–H and O–H groups in total. The van der Waals surface area contributed by atoms with Crippen LogP contribution in [0.4, 0.5) is 21.0 Å². The molecule has 6 heteroatoms. The quantitative estimate of drug-likeness (QED) is 0.278. The number of anilines is 2. The van der Waals surface area contributed by atoms with E-state index in [1.54, 1.807) is 0 Å². The number of nitrogens with one attached hydrogen (secondary N) is 3. The molecule has 6 nitrogen and oxygen atoms in total. The summed E-state index contributed by atoms with van der Waals surface area (Å²) >= 11 is 0. The largest absolute Gasteiger partial charge is 0.335 e. The van der Waals surface area contributed by atoms with Crippen molar-refractivity contribution >= 4 is 45.0 Å². The Hall–Kier alpha value is -4.06. The first-order valence-corrected chi connectivity index (χ1v) is 12.8. The number of hydrogen-bond acceptors (Lipinski definition) is 2. The molecule has 1 saturated heterocycles. The van der Waals surface area contributed by atoms with Crippen molar-refractivity contribution in [2.45, 2.75) is 57.7 Å². The van der Waals surface area contributed by atoms with Crippen LogP contribution in [0.15, 0.2) is 84.9 Å². The summed E-state index contributed by atoms with van der Waals surface area (Å²) in [5.74, 6) is 0. The van der Waals surface area contributed by atoms with Crippen molar-refractivity contribution < 1.29 is 9.59 Å². The summed E-state index contributed by atoms with van der Waals surface area (Å²) in [5.41, 5.74) is 0.618. The normalized spacial score (nSPS) is 16.9. The molecule has 1 fully saturated rings. The third-order valence-electron chi connectivity index (χ3n) is 7.31. The van der Waals surface area contributed by atoms with Crippen LogP contribution in [-0.2, 0) is 0 Å². The van der Waals surface area contributed by atoms with Gasteiger partial charge in [-0.25, -0.2) is 9.59 Å². The van der Waals surface area contributed by atoms with Gasteiger partial charge in [0.25, 0.3) is 0 Å². The highest BCUT2D eigenvalue weighted by Gasteiger charge is 2.48. The Kier molecular flexibility index (Phi) is 6.28. The lowest BCUT2D eigenvalue weighted by Gasteiger charge is -2.55. The van der Waals surface area contributed by atoms with Crippen LogP contribution in [0.1, 0.15) is 40.5 Å². The molecule has 0 radical (unpaired) electrons. The number of piperidine rings is 1. The highest BCUT2D eigenvalue weighted by molar-refractivity contribution is 6.03. The molecule has 0 unspecified atom stereocenters. The molecule has 0 saturated carbocycles. The molecular formula is C31H34N4O2. The van der Waals surface area contributed by atoms with E-state index in [-0.39, 0.29) is 18.1 Å². The molecule has 0 aromatic heterocycles. The van der Waals surface area contributed by atoms with E-state index in [9.17, 15) is 9.59 Å². The lowest BCUT2D eigenvalue weighted by molar-refractivity contribution is 0.00427. The van der Waals surface area contributed by atoms with Crippen LogP contribution >= 0.6 is 0 Å². The van der Waals surface area contributed by atoms with Crippen molar-refractivity contribution in [2.75, 3.05) is 10.6 Å². The van der Waals surface area contributed by atoms with Gasteiger partial charge in [0.2, 0.25) is 0 Å². The Morgan fingerprint density at radius 1 is 0.676 bits per heavy atom. The third-order valence-corrected chi connectivity index (χ3v) is 7.31. The first kappa shape index (κ1) is 24.6. The lowest BCUT2D eigenvalue weighted by Crippen LogP contribution is -2.67. The predicted octanol–water partition coefficient (Wildman–Crippen LogP) is 7.37. The van der Waals surface area contributed by atoms with Crippen molar-refractivity contribution in [2.24, 2.45) is 0 Å². The van der Waals surface area contributed by atoms with E-state index in [2.05, 4.69) is 43.6 Å². The van der Waals surface area contributed by atoms with Gasteiger partial charge in [0, 0.05) is 27.9 Å². The highest BCUT2D eigenvalue weighted by atomic mass is 16.2. The van der Waals surface area contributed by atoms with Crippen LogP contribution in [0.25, 0.3) is 21.5 Å². The minimum absolute atomic E-state index is 0.0819. The fraction of sp³-hybridized carbons (Fsp3) is 0.290. The summed E-state index contributed by atoms with van der Waals surface area (Å²) in [5, 5.41) is 13.5. The standard InChI is InChI=1S/C31H34N4O2/c1-30(2)19-23(32-28(36)33-26-17-9-13-21-11-5-7-15-24(21)26)20-31(3,4)35(30)29(37)34-27-18-10-14-22-12-6-8-16-25(22)27/h5-18,23H,19-20H2,1-4H3,(H,34,37)(H2,32,33,36). The lowest BCUT2D eigenvalue weighted by atomic mass is 9.77. The van der Waals surface area contributed by atoms with E-state index >= 15 is 0 Å². The molecule has 1 aliphatic heterocycles. The van der Waals surface area contributed by atoms with Gasteiger partial charge >= 0.3 is 12.1 Å². The smallest absolute Gasteiger partial charge is 0.322 e. The Morgan fingerprint density at radius 3 is 1.68 bits per heavy atom. The van der Waals surface area contributed by atoms with E-state index in [0.717, 1.165) is 32.9 Å². The van der Waals surface area contributed by atoms with Gasteiger partial charge in [-0.15, -0.1) is 0 Å². The monoisotopic (exact) mass is 494 g/mol. The highest BCUT2D eigenvalue weighted by Crippen LogP contribution is 2.39. The van der Waals surface area contributed by atoms with Gasteiger partial charge in [0.1, 0.15) is 0 Å². The Bertz CT molecular complexity index is 1450. The van der Waals surface area contributed by atoms with E-state index in [0.29, 0.717) is 12.8 Å². The zero-order valence-corrected chi connectivity index (χ0v) is 21.8. The van der Waals surface area contributed by atoms with Crippen molar-refractivity contribution in [1.82, 2.24) is 10.2 Å². The number of nitrogens with zero attached hydrogens (tertiary/aromatic N) is 1. The summed E-state index contributed by atoms with van der Waals surface area (Å²) in [6.07, 6.45) is 1.28. The summed E-state index contributed by atoms with van der Waals surface area (Å²) in [4.78, 5) is 28.6. The fourth-order valence-corrected chi connectivity index (χ4v) is 6.12. The van der Waals surface area contributed by atoms with E-state index in [1.165, 1.54) is 0 Å². The Balaban J connectivity index is 1.30. The Labute approximate surface area is 218 Å². The summed E-state index contributed by atoms with van der Waals surface area (Å²) in [7, 11) is 0. The molecule has 0 aliphatic carbocycles. The predicted molar refractivity (Wildman–Crippen MR) is 152 cm³/mol. The number of urea groups is 2. The molecule has 0 bridgehead atoms. The van der Waals surface area contributed by atoms with Crippen molar-refractivity contribution in [3.8, 4) is 0 Å². The number of hydrogen-bond donors (Lipinski definition) is 3. The summed E-state index contributed by atoms with van der Waals surface area (Å²) in [6, 6.07) is 27.4. The van der Waals surface area contributed by atoms with Crippen LogP contribution in [0.5, 0.6) is 0 Å². The maximum absolute atomic E-state index is 13.7. The number of amides is 4. The fourth-order valence-electron chi connectivity index (χ4n) is 6.12. The maximum Gasteiger partial charge on any atom is 0.322 e. The van der Waals surface area contributed by atoms with Crippen LogP contribution in [0.3, 0.4) is 0 Å². The topological polar surface area (TPSA) is 73.5 Å². The molecule has 1 heterocycles. The van der Waals surface area contributed by atoms with Gasteiger partial charge in [-0.3, -0.25) is 0 Å². The van der Waals surface area contributed by atoms with Gasteiger partial charge < -0.3 is 20.9 Å². The minimum Gasteiger partial charge on any atom is -0.335 e. The van der Waals surface area contributed by atoms with E-state index in [1.807, 2.05) is 89.8 Å². The first-order chi connectivity index (χ1) is 17.6. The molecule has 37 heavy (non-hydrogen) atoms. The van der Waals surface area contributed by atoms with Crippen LogP contribution < -0.4 is 16.0 Å². The van der Waals surface area contributed by atoms with Gasteiger partial charge in [-0.2, -0.15) is 0 Å². The molecule has 0 atom stereocenters.